The molecule has 4 rings (SSSR count). The van der Waals surface area contributed by atoms with E-state index in [1.807, 2.05) is 13.0 Å². The molecule has 0 bridgehead atoms. The van der Waals surface area contributed by atoms with E-state index in [4.69, 9.17) is 0 Å². The third kappa shape index (κ3) is 3.91. The van der Waals surface area contributed by atoms with Gasteiger partial charge in [-0.05, 0) is 38.3 Å². The first-order chi connectivity index (χ1) is 13.9. The predicted octanol–water partition coefficient (Wildman–Crippen LogP) is 1.17. The Morgan fingerprint density at radius 1 is 1.21 bits per heavy atom. The lowest BCUT2D eigenvalue weighted by Crippen LogP contribution is -2.42. The fourth-order valence-electron chi connectivity index (χ4n) is 4.10. The van der Waals surface area contributed by atoms with Crippen LogP contribution in [-0.2, 0) is 23.1 Å². The summed E-state index contributed by atoms with van der Waals surface area (Å²) in [6, 6.07) is 1.84. The van der Waals surface area contributed by atoms with Gasteiger partial charge < -0.3 is 9.47 Å². The van der Waals surface area contributed by atoms with Gasteiger partial charge in [-0.15, -0.1) is 10.2 Å². The SMILES string of the molecule is CCS(=O)(=O)N1CCCC(c2nnc3n2CCN(C(=O)c2cncc(C)c2)C3)C1. The molecule has 2 aromatic heterocycles. The Morgan fingerprint density at radius 3 is 2.79 bits per heavy atom. The summed E-state index contributed by atoms with van der Waals surface area (Å²) in [7, 11) is -3.20. The maximum atomic E-state index is 12.8. The average molecular weight is 419 g/mol. The molecule has 0 saturated carbocycles. The van der Waals surface area contributed by atoms with Crippen LogP contribution in [0.2, 0.25) is 0 Å². The van der Waals surface area contributed by atoms with Gasteiger partial charge in [-0.3, -0.25) is 9.78 Å². The molecule has 10 heteroatoms. The van der Waals surface area contributed by atoms with Gasteiger partial charge in [0.05, 0.1) is 17.9 Å². The fraction of sp³-hybridized carbons (Fsp3) is 0.579. The largest absolute Gasteiger partial charge is 0.329 e. The minimum atomic E-state index is -3.20. The van der Waals surface area contributed by atoms with Crippen molar-refractivity contribution >= 4 is 15.9 Å². The average Bonchev–Trinajstić information content (AvgIpc) is 3.16. The van der Waals surface area contributed by atoms with Crippen LogP contribution in [-0.4, -0.2) is 68.7 Å². The molecule has 4 heterocycles. The highest BCUT2D eigenvalue weighted by Gasteiger charge is 2.33. The predicted molar refractivity (Wildman–Crippen MR) is 107 cm³/mol. The molecule has 9 nitrogen and oxygen atoms in total. The molecule has 2 aliphatic rings. The normalized spacial score (nSPS) is 20.5. The van der Waals surface area contributed by atoms with Crippen LogP contribution in [0.5, 0.6) is 0 Å². The summed E-state index contributed by atoms with van der Waals surface area (Å²) in [6.45, 7) is 6.17. The number of amides is 1. The molecule has 1 saturated heterocycles. The van der Waals surface area contributed by atoms with Gasteiger partial charge in [0.1, 0.15) is 5.82 Å². The smallest absolute Gasteiger partial charge is 0.255 e. The van der Waals surface area contributed by atoms with Crippen LogP contribution in [0.25, 0.3) is 0 Å². The number of aryl methyl sites for hydroxylation is 1. The fourth-order valence-corrected chi connectivity index (χ4v) is 5.28. The van der Waals surface area contributed by atoms with E-state index in [-0.39, 0.29) is 17.6 Å². The summed E-state index contributed by atoms with van der Waals surface area (Å²) >= 11 is 0. The Labute approximate surface area is 170 Å². The number of rotatable bonds is 4. The first-order valence-corrected chi connectivity index (χ1v) is 11.6. The van der Waals surface area contributed by atoms with E-state index in [1.165, 1.54) is 0 Å². The highest BCUT2D eigenvalue weighted by molar-refractivity contribution is 7.89. The topological polar surface area (TPSA) is 101 Å². The summed E-state index contributed by atoms with van der Waals surface area (Å²) in [5.74, 6) is 1.67. The number of hydrogen-bond acceptors (Lipinski definition) is 6. The van der Waals surface area contributed by atoms with E-state index >= 15 is 0 Å². The van der Waals surface area contributed by atoms with Crippen molar-refractivity contribution in [3.05, 3.63) is 41.2 Å². The zero-order valence-electron chi connectivity index (χ0n) is 16.8. The first-order valence-electron chi connectivity index (χ1n) is 9.99. The number of piperidine rings is 1. The number of fused-ring (bicyclic) bond motifs is 1. The maximum Gasteiger partial charge on any atom is 0.255 e. The van der Waals surface area contributed by atoms with Gasteiger partial charge in [0, 0.05) is 44.5 Å². The number of aromatic nitrogens is 4. The van der Waals surface area contributed by atoms with Gasteiger partial charge in [-0.2, -0.15) is 0 Å². The van der Waals surface area contributed by atoms with Crippen LogP contribution in [0.1, 0.15) is 53.3 Å². The van der Waals surface area contributed by atoms with Gasteiger partial charge in [0.15, 0.2) is 5.82 Å². The van der Waals surface area contributed by atoms with Gasteiger partial charge in [-0.25, -0.2) is 12.7 Å². The molecule has 0 spiro atoms. The summed E-state index contributed by atoms with van der Waals surface area (Å²) in [6.07, 6.45) is 5.02. The molecule has 0 N–H and O–H groups in total. The second-order valence-corrected chi connectivity index (χ2v) is 9.96. The van der Waals surface area contributed by atoms with E-state index in [9.17, 15) is 13.2 Å². The molecule has 1 unspecified atom stereocenters. The Kier molecular flexibility index (Phi) is 5.39. The summed E-state index contributed by atoms with van der Waals surface area (Å²) in [5.41, 5.74) is 1.52. The van der Waals surface area contributed by atoms with Gasteiger partial charge in [0.25, 0.3) is 5.91 Å². The first kappa shape index (κ1) is 20.0. The Balaban J connectivity index is 1.51. The molecule has 1 amide bonds. The zero-order chi connectivity index (χ0) is 20.6. The van der Waals surface area contributed by atoms with Crippen molar-refractivity contribution in [3.8, 4) is 0 Å². The highest BCUT2D eigenvalue weighted by atomic mass is 32.2. The van der Waals surface area contributed by atoms with Crippen LogP contribution in [0.4, 0.5) is 0 Å². The van der Waals surface area contributed by atoms with Crippen molar-refractivity contribution in [2.24, 2.45) is 0 Å². The highest BCUT2D eigenvalue weighted by Crippen LogP contribution is 2.29. The van der Waals surface area contributed by atoms with Crippen molar-refractivity contribution < 1.29 is 13.2 Å². The van der Waals surface area contributed by atoms with Crippen molar-refractivity contribution in [1.82, 2.24) is 29.0 Å². The second kappa shape index (κ2) is 7.83. The molecule has 1 fully saturated rings. The molecule has 0 aromatic carbocycles. The number of sulfonamides is 1. The molecule has 2 aliphatic heterocycles. The Morgan fingerprint density at radius 2 is 2.03 bits per heavy atom. The van der Waals surface area contributed by atoms with Gasteiger partial charge in [0.2, 0.25) is 10.0 Å². The standard InChI is InChI=1S/C19H26N6O3S/c1-3-29(27,28)24-6-4-5-15(12-24)18-22-21-17-13-23(7-8-25(17)18)19(26)16-9-14(2)10-20-11-16/h9-11,15H,3-8,12-13H2,1-2H3. The molecular formula is C19H26N6O3S. The molecule has 156 valence electrons. The number of carbonyl (C=O) groups is 1. The Bertz CT molecular complexity index is 1020. The number of carbonyl (C=O) groups excluding carboxylic acids is 1. The van der Waals surface area contributed by atoms with Gasteiger partial charge in [-0.1, -0.05) is 0 Å². The quantitative estimate of drug-likeness (QED) is 0.739. The molecule has 1 atom stereocenters. The van der Waals surface area contributed by atoms with Crippen LogP contribution >= 0.6 is 0 Å². The van der Waals surface area contributed by atoms with Crippen LogP contribution in [0.3, 0.4) is 0 Å². The van der Waals surface area contributed by atoms with Crippen molar-refractivity contribution in [3.63, 3.8) is 0 Å². The lowest BCUT2D eigenvalue weighted by Gasteiger charge is -2.33. The summed E-state index contributed by atoms with van der Waals surface area (Å²) in [4.78, 5) is 18.7. The third-order valence-corrected chi connectivity index (χ3v) is 7.55. The van der Waals surface area contributed by atoms with Crippen molar-refractivity contribution in [2.45, 2.75) is 45.7 Å². The van der Waals surface area contributed by atoms with Crippen molar-refractivity contribution in [1.29, 1.82) is 0 Å². The number of hydrogen-bond donors (Lipinski definition) is 0. The van der Waals surface area contributed by atoms with Crippen LogP contribution in [0, 0.1) is 6.92 Å². The minimum Gasteiger partial charge on any atom is -0.329 e. The lowest BCUT2D eigenvalue weighted by molar-refractivity contribution is 0.0705. The third-order valence-electron chi connectivity index (χ3n) is 5.70. The molecule has 0 radical (unpaired) electrons. The minimum absolute atomic E-state index is 0.0366. The number of nitrogens with zero attached hydrogens (tertiary/aromatic N) is 6. The molecule has 0 aliphatic carbocycles. The molecular weight excluding hydrogens is 392 g/mol. The zero-order valence-corrected chi connectivity index (χ0v) is 17.6. The monoisotopic (exact) mass is 418 g/mol. The van der Waals surface area contributed by atoms with Crippen molar-refractivity contribution in [2.75, 3.05) is 25.4 Å². The summed E-state index contributed by atoms with van der Waals surface area (Å²) < 4.78 is 28.2. The molecule has 29 heavy (non-hydrogen) atoms. The lowest BCUT2D eigenvalue weighted by atomic mass is 9.98. The van der Waals surface area contributed by atoms with E-state index in [2.05, 4.69) is 19.7 Å². The van der Waals surface area contributed by atoms with Crippen LogP contribution < -0.4 is 0 Å². The summed E-state index contributed by atoms with van der Waals surface area (Å²) in [5, 5.41) is 8.70. The maximum absolute atomic E-state index is 12.8. The van der Waals surface area contributed by atoms with E-state index in [0.29, 0.717) is 38.3 Å². The van der Waals surface area contributed by atoms with E-state index < -0.39 is 10.0 Å². The second-order valence-electron chi connectivity index (χ2n) is 7.70. The molecule has 2 aromatic rings. The van der Waals surface area contributed by atoms with Gasteiger partial charge >= 0.3 is 0 Å². The van der Waals surface area contributed by atoms with E-state index in [0.717, 1.165) is 30.1 Å². The van der Waals surface area contributed by atoms with E-state index in [1.54, 1.807) is 28.5 Å². The van der Waals surface area contributed by atoms with Crippen LogP contribution in [0.15, 0.2) is 18.5 Å². The number of pyridine rings is 1. The Hall–Kier alpha value is -2.33.